The van der Waals surface area contributed by atoms with Crippen molar-refractivity contribution in [3.63, 3.8) is 0 Å². The summed E-state index contributed by atoms with van der Waals surface area (Å²) in [6.45, 7) is 0. The van der Waals surface area contributed by atoms with Crippen molar-refractivity contribution in [3.05, 3.63) is 60.4 Å². The minimum atomic E-state index is 0.787. The summed E-state index contributed by atoms with van der Waals surface area (Å²) in [5.74, 6) is 0.790. The van der Waals surface area contributed by atoms with Crippen LogP contribution < -0.4 is 5.32 Å². The molecule has 5 rings (SSSR count). The quantitative estimate of drug-likeness (QED) is 0.429. The minimum absolute atomic E-state index is 0.787. The van der Waals surface area contributed by atoms with Crippen LogP contribution in [0.4, 0.5) is 10.9 Å². The van der Waals surface area contributed by atoms with Crippen LogP contribution >= 0.6 is 34.4 Å². The number of pyridine rings is 3. The minimum Gasteiger partial charge on any atom is -0.315 e. The molecule has 126 valence electrons. The van der Waals surface area contributed by atoms with Crippen molar-refractivity contribution in [2.45, 2.75) is 9.79 Å². The molecule has 0 amide bonds. The van der Waals surface area contributed by atoms with Crippen molar-refractivity contribution in [1.82, 2.24) is 19.9 Å². The normalized spacial score (nSPS) is 11.2. The van der Waals surface area contributed by atoms with Crippen LogP contribution in [0, 0.1) is 0 Å². The summed E-state index contributed by atoms with van der Waals surface area (Å²) in [5, 5.41) is 6.20. The van der Waals surface area contributed by atoms with Gasteiger partial charge in [-0.3, -0.25) is 4.98 Å². The third-order valence-electron chi connectivity index (χ3n) is 3.69. The zero-order chi connectivity index (χ0) is 17.3. The number of hydrogen-bond acceptors (Lipinski definition) is 8. The smallest absolute Gasteiger partial charge is 0.190 e. The first-order valence-electron chi connectivity index (χ1n) is 7.80. The molecule has 5 aromatic heterocycles. The Balaban J connectivity index is 1.50. The summed E-state index contributed by atoms with van der Waals surface area (Å²) < 4.78 is 1.19. The number of thiophene rings is 1. The van der Waals surface area contributed by atoms with Gasteiger partial charge >= 0.3 is 0 Å². The van der Waals surface area contributed by atoms with Crippen LogP contribution in [0.2, 0.25) is 0 Å². The Bertz CT molecular complexity index is 1180. The number of nitrogens with one attached hydrogen (secondary N) is 1. The lowest BCUT2D eigenvalue weighted by Crippen LogP contribution is -1.94. The highest BCUT2D eigenvalue weighted by Gasteiger charge is 2.12. The summed E-state index contributed by atoms with van der Waals surface area (Å²) >= 11 is 4.90. The highest BCUT2D eigenvalue weighted by molar-refractivity contribution is 7.99. The highest BCUT2D eigenvalue weighted by atomic mass is 32.2. The molecule has 0 fully saturated rings. The van der Waals surface area contributed by atoms with Crippen molar-refractivity contribution in [2.24, 2.45) is 0 Å². The maximum Gasteiger partial charge on any atom is 0.190 e. The number of nitrogens with zero attached hydrogens (tertiary/aromatic N) is 4. The first-order valence-corrected chi connectivity index (χ1v) is 10.3. The molecule has 26 heavy (non-hydrogen) atoms. The second-order valence-electron chi connectivity index (χ2n) is 5.37. The van der Waals surface area contributed by atoms with Gasteiger partial charge in [0.2, 0.25) is 0 Å². The number of thiazole rings is 1. The largest absolute Gasteiger partial charge is 0.315 e. The molecule has 0 radical (unpaired) electrons. The summed E-state index contributed by atoms with van der Waals surface area (Å²) in [5.41, 5.74) is 1.91. The van der Waals surface area contributed by atoms with Crippen LogP contribution in [0.1, 0.15) is 0 Å². The van der Waals surface area contributed by atoms with Gasteiger partial charge in [-0.05, 0) is 41.8 Å². The van der Waals surface area contributed by atoms with Crippen LogP contribution in [-0.2, 0) is 0 Å². The molecule has 0 spiro atoms. The Morgan fingerprint density at radius 3 is 2.73 bits per heavy atom. The van der Waals surface area contributed by atoms with E-state index in [1.54, 1.807) is 35.5 Å². The highest BCUT2D eigenvalue weighted by Crippen LogP contribution is 2.39. The Morgan fingerprint density at radius 2 is 1.77 bits per heavy atom. The average molecular weight is 394 g/mol. The fourth-order valence-corrected chi connectivity index (χ4v) is 5.28. The number of hydrogen-bond donors (Lipinski definition) is 1. The molecule has 5 heterocycles. The fourth-order valence-electron chi connectivity index (χ4n) is 2.54. The van der Waals surface area contributed by atoms with E-state index in [1.807, 2.05) is 36.5 Å². The second kappa shape index (κ2) is 6.64. The predicted molar refractivity (Wildman–Crippen MR) is 109 cm³/mol. The van der Waals surface area contributed by atoms with E-state index in [4.69, 9.17) is 0 Å². The van der Waals surface area contributed by atoms with Crippen molar-refractivity contribution in [1.29, 1.82) is 0 Å². The van der Waals surface area contributed by atoms with Crippen molar-refractivity contribution in [2.75, 3.05) is 5.32 Å². The molecule has 0 aromatic carbocycles. The van der Waals surface area contributed by atoms with Gasteiger partial charge in [-0.25, -0.2) is 15.0 Å². The molecule has 0 aliphatic heterocycles. The lowest BCUT2D eigenvalue weighted by Gasteiger charge is -2.08. The lowest BCUT2D eigenvalue weighted by molar-refractivity contribution is 1.22. The van der Waals surface area contributed by atoms with Gasteiger partial charge in [-0.1, -0.05) is 23.1 Å². The predicted octanol–water partition coefficient (Wildman–Crippen LogP) is 5.59. The van der Waals surface area contributed by atoms with Gasteiger partial charge in [0.25, 0.3) is 0 Å². The fraction of sp³-hybridized carbons (Fsp3) is 0. The topological polar surface area (TPSA) is 63.6 Å². The van der Waals surface area contributed by atoms with Gasteiger partial charge in [0.05, 0.1) is 15.1 Å². The average Bonchev–Trinajstić information content (AvgIpc) is 3.30. The molecule has 0 atom stereocenters. The van der Waals surface area contributed by atoms with Crippen molar-refractivity contribution < 1.29 is 0 Å². The van der Waals surface area contributed by atoms with Crippen molar-refractivity contribution in [3.8, 4) is 0 Å². The Morgan fingerprint density at radius 1 is 0.846 bits per heavy atom. The van der Waals surface area contributed by atoms with E-state index in [0.29, 0.717) is 0 Å². The van der Waals surface area contributed by atoms with Crippen LogP contribution in [0.5, 0.6) is 0 Å². The number of aromatic nitrogens is 4. The first kappa shape index (κ1) is 15.7. The zero-order valence-corrected chi connectivity index (χ0v) is 15.7. The Hall–Kier alpha value is -2.55. The molecule has 0 saturated heterocycles. The maximum absolute atomic E-state index is 4.59. The van der Waals surface area contributed by atoms with Crippen LogP contribution in [0.15, 0.2) is 70.2 Å². The molecule has 0 aliphatic rings. The molecule has 0 saturated carbocycles. The Kier molecular flexibility index (Phi) is 4.00. The van der Waals surface area contributed by atoms with E-state index in [-0.39, 0.29) is 0 Å². The van der Waals surface area contributed by atoms with Gasteiger partial charge in [0.1, 0.15) is 16.2 Å². The third kappa shape index (κ3) is 2.92. The zero-order valence-electron chi connectivity index (χ0n) is 13.3. The summed E-state index contributed by atoms with van der Waals surface area (Å²) in [7, 11) is 0. The SMILES string of the molecule is c1cnc(Nc2nc3cccnc3s2)c(Sc2ccnc3ccsc23)c1. The van der Waals surface area contributed by atoms with E-state index >= 15 is 0 Å². The first-order chi connectivity index (χ1) is 12.9. The van der Waals surface area contributed by atoms with E-state index in [9.17, 15) is 0 Å². The second-order valence-corrected chi connectivity index (χ2v) is 8.35. The lowest BCUT2D eigenvalue weighted by atomic mass is 10.4. The number of rotatable bonds is 4. The monoisotopic (exact) mass is 393 g/mol. The summed E-state index contributed by atoms with van der Waals surface area (Å²) in [6.07, 6.45) is 5.41. The molecule has 8 heteroatoms. The molecular formula is C18H11N5S3. The van der Waals surface area contributed by atoms with E-state index in [2.05, 4.69) is 36.7 Å². The van der Waals surface area contributed by atoms with Crippen LogP contribution in [0.25, 0.3) is 20.6 Å². The number of fused-ring (bicyclic) bond motifs is 2. The molecule has 0 bridgehead atoms. The van der Waals surface area contributed by atoms with Gasteiger partial charge in [0, 0.05) is 23.5 Å². The van der Waals surface area contributed by atoms with Gasteiger partial charge < -0.3 is 5.32 Å². The van der Waals surface area contributed by atoms with Crippen LogP contribution in [0.3, 0.4) is 0 Å². The van der Waals surface area contributed by atoms with E-state index in [1.165, 1.54) is 20.9 Å². The van der Waals surface area contributed by atoms with E-state index < -0.39 is 0 Å². The standard InChI is InChI=1S/C18H11N5S3/c1-3-12-17(21-8-1)26-18(22-12)23-16-14(4-2-7-20-16)25-13-5-9-19-11-6-10-24-15(11)13/h1-10H,(H,20,22,23). The Labute approximate surface area is 161 Å². The van der Waals surface area contributed by atoms with Gasteiger partial charge in [-0.2, -0.15) is 0 Å². The molecule has 5 nitrogen and oxygen atoms in total. The molecule has 1 N–H and O–H groups in total. The van der Waals surface area contributed by atoms with Crippen LogP contribution in [-0.4, -0.2) is 19.9 Å². The molecule has 0 aliphatic carbocycles. The van der Waals surface area contributed by atoms with Crippen molar-refractivity contribution >= 4 is 65.9 Å². The van der Waals surface area contributed by atoms with Gasteiger partial charge in [0.15, 0.2) is 5.13 Å². The maximum atomic E-state index is 4.59. The molecular weight excluding hydrogens is 382 g/mol. The summed E-state index contributed by atoms with van der Waals surface area (Å²) in [6, 6.07) is 11.9. The van der Waals surface area contributed by atoms with E-state index in [0.717, 1.165) is 31.7 Å². The molecule has 0 unspecified atom stereocenters. The molecule has 5 aromatic rings. The third-order valence-corrected chi connectivity index (χ3v) is 6.76. The summed E-state index contributed by atoms with van der Waals surface area (Å²) in [4.78, 5) is 21.0. The van der Waals surface area contributed by atoms with Gasteiger partial charge in [-0.15, -0.1) is 11.3 Å². The number of anilines is 2.